The molecule has 2 heterocycles. The number of rotatable bonds is 7. The van der Waals surface area contributed by atoms with E-state index in [2.05, 4.69) is 0 Å². The molecular formula is C23H25ClN2O7S2. The van der Waals surface area contributed by atoms with Crippen LogP contribution in [0, 0.1) is 0 Å². The SMILES string of the molecule is CCN(C(=O)COC(=O)c1ccc(Cl)c(S(=O)(=O)N2CCc3ccccc32)c1)C1CCS(=O)(=O)C1. The number of esters is 1. The van der Waals surface area contributed by atoms with Gasteiger partial charge < -0.3 is 9.64 Å². The molecule has 1 fully saturated rings. The molecule has 1 atom stereocenters. The van der Waals surface area contributed by atoms with E-state index >= 15 is 0 Å². The first kappa shape index (κ1) is 25.5. The molecular weight excluding hydrogens is 516 g/mol. The van der Waals surface area contributed by atoms with Crippen LogP contribution in [0.3, 0.4) is 0 Å². The van der Waals surface area contributed by atoms with Crippen LogP contribution in [0.25, 0.3) is 0 Å². The predicted octanol–water partition coefficient (Wildman–Crippen LogP) is 2.28. The second-order valence-corrected chi connectivity index (χ2v) is 12.9. The molecule has 1 saturated heterocycles. The molecule has 35 heavy (non-hydrogen) atoms. The molecule has 0 N–H and O–H groups in total. The predicted molar refractivity (Wildman–Crippen MR) is 131 cm³/mol. The summed E-state index contributed by atoms with van der Waals surface area (Å²) in [4.78, 5) is 26.4. The van der Waals surface area contributed by atoms with Gasteiger partial charge in [-0.05, 0) is 49.6 Å². The Labute approximate surface area is 209 Å². The highest BCUT2D eigenvalue weighted by atomic mass is 35.5. The van der Waals surface area contributed by atoms with Gasteiger partial charge in [0, 0.05) is 19.1 Å². The number of anilines is 1. The van der Waals surface area contributed by atoms with Crippen molar-refractivity contribution < 1.29 is 31.2 Å². The summed E-state index contributed by atoms with van der Waals surface area (Å²) in [6, 6.07) is 10.5. The lowest BCUT2D eigenvalue weighted by Crippen LogP contribution is -2.43. The van der Waals surface area contributed by atoms with Gasteiger partial charge in [0.1, 0.15) is 4.90 Å². The monoisotopic (exact) mass is 540 g/mol. The van der Waals surface area contributed by atoms with Crippen LogP contribution >= 0.6 is 11.6 Å². The number of sulfonamides is 1. The standard InChI is InChI=1S/C23H25ClN2O7S2/c1-2-25(18-10-12-34(29,30)15-18)22(27)14-33-23(28)17-7-8-19(24)21(13-17)35(31,32)26-11-9-16-5-3-4-6-20(16)26/h3-8,13,18H,2,9-12,14-15H2,1H3. The third-order valence-corrected chi connectivity index (χ3v) is 10.3. The largest absolute Gasteiger partial charge is 0.452 e. The number of carbonyl (C=O) groups is 2. The lowest BCUT2D eigenvalue weighted by Gasteiger charge is -2.26. The molecule has 0 aromatic heterocycles. The van der Waals surface area contributed by atoms with Gasteiger partial charge >= 0.3 is 5.97 Å². The quantitative estimate of drug-likeness (QED) is 0.494. The topological polar surface area (TPSA) is 118 Å². The fourth-order valence-electron chi connectivity index (χ4n) is 4.46. The van der Waals surface area contributed by atoms with Crippen LogP contribution < -0.4 is 4.31 Å². The number of nitrogens with zero attached hydrogens (tertiary/aromatic N) is 2. The maximum Gasteiger partial charge on any atom is 0.338 e. The van der Waals surface area contributed by atoms with E-state index in [1.807, 2.05) is 12.1 Å². The highest BCUT2D eigenvalue weighted by molar-refractivity contribution is 7.93. The fourth-order valence-corrected chi connectivity index (χ4v) is 8.19. The molecule has 1 unspecified atom stereocenters. The molecule has 2 aromatic rings. The third-order valence-electron chi connectivity index (χ3n) is 6.22. The van der Waals surface area contributed by atoms with Gasteiger partial charge in [0.2, 0.25) is 0 Å². The highest BCUT2D eigenvalue weighted by Crippen LogP contribution is 2.35. The number of fused-ring (bicyclic) bond motifs is 1. The van der Waals surface area contributed by atoms with Crippen LogP contribution in [-0.4, -0.2) is 70.9 Å². The summed E-state index contributed by atoms with van der Waals surface area (Å²) in [5, 5.41) is -0.0402. The summed E-state index contributed by atoms with van der Waals surface area (Å²) in [6.45, 7) is 1.66. The van der Waals surface area contributed by atoms with E-state index in [1.54, 1.807) is 19.1 Å². The average Bonchev–Trinajstić information content (AvgIpc) is 3.41. The Bertz CT molecular complexity index is 1380. The van der Waals surface area contributed by atoms with E-state index in [9.17, 15) is 26.4 Å². The van der Waals surface area contributed by atoms with E-state index in [0.717, 1.165) is 11.6 Å². The Morgan fingerprint density at radius 2 is 1.94 bits per heavy atom. The number of halogens is 1. The van der Waals surface area contributed by atoms with Gasteiger partial charge in [0.05, 0.1) is 27.8 Å². The molecule has 12 heteroatoms. The molecule has 0 bridgehead atoms. The van der Waals surface area contributed by atoms with E-state index in [1.165, 1.54) is 21.3 Å². The van der Waals surface area contributed by atoms with Gasteiger partial charge in [-0.2, -0.15) is 0 Å². The van der Waals surface area contributed by atoms with Gasteiger partial charge in [0.15, 0.2) is 16.4 Å². The minimum atomic E-state index is -4.05. The summed E-state index contributed by atoms with van der Waals surface area (Å²) < 4.78 is 56.6. The van der Waals surface area contributed by atoms with Crippen LogP contribution in [0.1, 0.15) is 29.3 Å². The summed E-state index contributed by atoms with van der Waals surface area (Å²) >= 11 is 6.21. The molecule has 188 valence electrons. The third kappa shape index (κ3) is 5.17. The van der Waals surface area contributed by atoms with Crippen molar-refractivity contribution >= 4 is 49.0 Å². The molecule has 2 aliphatic heterocycles. The second kappa shape index (κ2) is 9.79. The molecule has 1 amide bonds. The number of para-hydroxylation sites is 1. The van der Waals surface area contributed by atoms with E-state index in [4.69, 9.17) is 16.3 Å². The van der Waals surface area contributed by atoms with E-state index < -0.39 is 44.4 Å². The number of ether oxygens (including phenoxy) is 1. The fraction of sp³-hybridized carbons (Fsp3) is 0.391. The van der Waals surface area contributed by atoms with Gasteiger partial charge in [-0.15, -0.1) is 0 Å². The van der Waals surface area contributed by atoms with Crippen molar-refractivity contribution in [2.45, 2.75) is 30.7 Å². The van der Waals surface area contributed by atoms with Crippen LogP contribution in [-0.2, 0) is 35.8 Å². The van der Waals surface area contributed by atoms with Crippen molar-refractivity contribution in [3.63, 3.8) is 0 Å². The van der Waals surface area contributed by atoms with Crippen LogP contribution in [0.15, 0.2) is 47.4 Å². The van der Waals surface area contributed by atoms with E-state index in [0.29, 0.717) is 18.5 Å². The van der Waals surface area contributed by atoms with Gasteiger partial charge in [-0.3, -0.25) is 9.10 Å². The molecule has 2 aromatic carbocycles. The number of benzene rings is 2. The molecule has 0 aliphatic carbocycles. The maximum absolute atomic E-state index is 13.4. The number of carbonyl (C=O) groups excluding carboxylic acids is 2. The number of hydrogen-bond donors (Lipinski definition) is 0. The van der Waals surface area contributed by atoms with Crippen molar-refractivity contribution in [3.8, 4) is 0 Å². The number of hydrogen-bond acceptors (Lipinski definition) is 7. The molecule has 0 spiro atoms. The van der Waals surface area contributed by atoms with Gasteiger partial charge in [-0.1, -0.05) is 29.8 Å². The number of sulfone groups is 1. The first-order chi connectivity index (χ1) is 16.5. The van der Waals surface area contributed by atoms with Gasteiger partial charge in [0.25, 0.3) is 15.9 Å². The van der Waals surface area contributed by atoms with Gasteiger partial charge in [-0.25, -0.2) is 21.6 Å². The van der Waals surface area contributed by atoms with Crippen LogP contribution in [0.4, 0.5) is 5.69 Å². The number of amides is 1. The van der Waals surface area contributed by atoms with Crippen LogP contribution in [0.2, 0.25) is 5.02 Å². The first-order valence-corrected chi connectivity index (χ1v) is 14.7. The minimum absolute atomic E-state index is 0.0186. The minimum Gasteiger partial charge on any atom is -0.452 e. The Balaban J connectivity index is 1.49. The lowest BCUT2D eigenvalue weighted by atomic mass is 10.2. The summed E-state index contributed by atoms with van der Waals surface area (Å²) in [5.74, 6) is -1.50. The van der Waals surface area contributed by atoms with Crippen molar-refractivity contribution in [1.82, 2.24) is 4.90 Å². The smallest absolute Gasteiger partial charge is 0.338 e. The van der Waals surface area contributed by atoms with E-state index in [-0.39, 0.29) is 40.1 Å². The second-order valence-electron chi connectivity index (χ2n) is 8.41. The normalized spacial score (nSPS) is 18.8. The zero-order valence-electron chi connectivity index (χ0n) is 19.0. The number of likely N-dealkylation sites (N-methyl/N-ethyl adjacent to an activating group) is 1. The van der Waals surface area contributed by atoms with Crippen molar-refractivity contribution in [3.05, 3.63) is 58.6 Å². The Kier molecular flexibility index (Phi) is 7.12. The zero-order chi connectivity index (χ0) is 25.4. The molecule has 2 aliphatic rings. The lowest BCUT2D eigenvalue weighted by molar-refractivity contribution is -0.136. The molecule has 9 nitrogen and oxygen atoms in total. The Hall–Kier alpha value is -2.63. The highest BCUT2D eigenvalue weighted by Gasteiger charge is 2.35. The Morgan fingerprint density at radius 1 is 1.20 bits per heavy atom. The van der Waals surface area contributed by atoms with Crippen molar-refractivity contribution in [1.29, 1.82) is 0 Å². The zero-order valence-corrected chi connectivity index (χ0v) is 21.4. The molecule has 0 saturated carbocycles. The summed E-state index contributed by atoms with van der Waals surface area (Å²) in [6.07, 6.45) is 0.904. The maximum atomic E-state index is 13.4. The summed E-state index contributed by atoms with van der Waals surface area (Å²) in [7, 11) is -7.23. The Morgan fingerprint density at radius 3 is 2.63 bits per heavy atom. The molecule has 4 rings (SSSR count). The van der Waals surface area contributed by atoms with Crippen molar-refractivity contribution in [2.24, 2.45) is 0 Å². The first-order valence-electron chi connectivity index (χ1n) is 11.1. The molecule has 0 radical (unpaired) electrons. The summed E-state index contributed by atoms with van der Waals surface area (Å²) in [5.41, 5.74) is 1.40. The average molecular weight is 541 g/mol. The van der Waals surface area contributed by atoms with Crippen molar-refractivity contribution in [2.75, 3.05) is 35.5 Å². The van der Waals surface area contributed by atoms with Crippen LogP contribution in [0.5, 0.6) is 0 Å².